The number of hydrogen-bond acceptors (Lipinski definition) is 3. The van der Waals surface area contributed by atoms with Crippen molar-refractivity contribution >= 4 is 6.09 Å². The molecule has 0 saturated carbocycles. The normalized spacial score (nSPS) is 19.3. The molecule has 0 unspecified atom stereocenters. The number of para-hydroxylation sites is 1. The summed E-state index contributed by atoms with van der Waals surface area (Å²) >= 11 is 0. The van der Waals surface area contributed by atoms with Gasteiger partial charge in [-0.3, -0.25) is 4.90 Å². The van der Waals surface area contributed by atoms with Gasteiger partial charge < -0.3 is 9.47 Å². The van der Waals surface area contributed by atoms with Crippen LogP contribution in [0.2, 0.25) is 0 Å². The number of carbonyl (C=O) groups is 1. The van der Waals surface area contributed by atoms with Crippen LogP contribution >= 0.6 is 0 Å². The van der Waals surface area contributed by atoms with Gasteiger partial charge in [-0.1, -0.05) is 18.2 Å². The molecule has 0 N–H and O–H groups in total. The van der Waals surface area contributed by atoms with E-state index in [9.17, 15) is 4.79 Å². The zero-order valence-electron chi connectivity index (χ0n) is 11.8. The maximum Gasteiger partial charge on any atom is 0.413 e. The SMILES string of the molecule is CC(C)(C)OC(=O)N1CCC[C@H]1Oc1ccccc1. The van der Waals surface area contributed by atoms with E-state index in [-0.39, 0.29) is 12.3 Å². The van der Waals surface area contributed by atoms with Crippen LogP contribution in [0.3, 0.4) is 0 Å². The van der Waals surface area contributed by atoms with Crippen molar-refractivity contribution in [1.29, 1.82) is 0 Å². The average Bonchev–Trinajstić information content (AvgIpc) is 2.76. The molecule has 1 aromatic rings. The van der Waals surface area contributed by atoms with Gasteiger partial charge in [0.15, 0.2) is 6.23 Å². The number of hydrogen-bond donors (Lipinski definition) is 0. The van der Waals surface area contributed by atoms with Gasteiger partial charge >= 0.3 is 6.09 Å². The first-order valence-corrected chi connectivity index (χ1v) is 6.67. The van der Waals surface area contributed by atoms with Crippen molar-refractivity contribution in [1.82, 2.24) is 4.90 Å². The second-order valence-electron chi connectivity index (χ2n) is 5.70. The molecule has 4 nitrogen and oxygen atoms in total. The summed E-state index contributed by atoms with van der Waals surface area (Å²) in [5, 5.41) is 0. The van der Waals surface area contributed by atoms with Gasteiger partial charge in [-0.15, -0.1) is 0 Å². The Kier molecular flexibility index (Phi) is 3.98. The van der Waals surface area contributed by atoms with Crippen molar-refractivity contribution in [3.63, 3.8) is 0 Å². The molecule has 1 aliphatic rings. The number of likely N-dealkylation sites (tertiary alicyclic amines) is 1. The molecule has 4 heteroatoms. The molecule has 1 aliphatic heterocycles. The van der Waals surface area contributed by atoms with Crippen molar-refractivity contribution in [2.45, 2.75) is 45.4 Å². The van der Waals surface area contributed by atoms with Gasteiger partial charge in [0.1, 0.15) is 11.4 Å². The highest BCUT2D eigenvalue weighted by atomic mass is 16.6. The monoisotopic (exact) mass is 263 g/mol. The van der Waals surface area contributed by atoms with Gasteiger partial charge in [0.25, 0.3) is 0 Å². The molecular weight excluding hydrogens is 242 g/mol. The Balaban J connectivity index is 1.99. The minimum atomic E-state index is -0.475. The Bertz CT molecular complexity index is 425. The topological polar surface area (TPSA) is 38.8 Å². The van der Waals surface area contributed by atoms with Gasteiger partial charge in [-0.05, 0) is 39.3 Å². The van der Waals surface area contributed by atoms with E-state index in [2.05, 4.69) is 0 Å². The van der Waals surface area contributed by atoms with Crippen molar-refractivity contribution < 1.29 is 14.3 Å². The third kappa shape index (κ3) is 3.88. The predicted octanol–water partition coefficient (Wildman–Crippen LogP) is 3.42. The van der Waals surface area contributed by atoms with Crippen molar-refractivity contribution in [2.75, 3.05) is 6.54 Å². The van der Waals surface area contributed by atoms with E-state index in [1.807, 2.05) is 51.1 Å². The molecule has 1 saturated heterocycles. The first-order valence-electron chi connectivity index (χ1n) is 6.67. The van der Waals surface area contributed by atoms with E-state index in [1.165, 1.54) is 0 Å². The highest BCUT2D eigenvalue weighted by Crippen LogP contribution is 2.23. The van der Waals surface area contributed by atoms with Gasteiger partial charge in [0.05, 0.1) is 0 Å². The molecule has 1 heterocycles. The van der Waals surface area contributed by atoms with Gasteiger partial charge in [-0.2, -0.15) is 0 Å². The summed E-state index contributed by atoms with van der Waals surface area (Å²) in [4.78, 5) is 13.8. The lowest BCUT2D eigenvalue weighted by Gasteiger charge is -2.28. The molecule has 0 radical (unpaired) electrons. The predicted molar refractivity (Wildman–Crippen MR) is 73.0 cm³/mol. The molecule has 1 amide bonds. The van der Waals surface area contributed by atoms with Crippen LogP contribution in [0.15, 0.2) is 30.3 Å². The third-order valence-corrected chi connectivity index (χ3v) is 2.84. The molecule has 19 heavy (non-hydrogen) atoms. The van der Waals surface area contributed by atoms with E-state index in [0.717, 1.165) is 18.6 Å². The smallest absolute Gasteiger partial charge is 0.413 e. The van der Waals surface area contributed by atoms with Crippen molar-refractivity contribution in [2.24, 2.45) is 0 Å². The highest BCUT2D eigenvalue weighted by molar-refractivity contribution is 5.68. The van der Waals surface area contributed by atoms with E-state index in [4.69, 9.17) is 9.47 Å². The average molecular weight is 263 g/mol. The van der Waals surface area contributed by atoms with Crippen molar-refractivity contribution in [3.8, 4) is 5.75 Å². The molecule has 2 rings (SSSR count). The van der Waals surface area contributed by atoms with Crippen LogP contribution in [-0.4, -0.2) is 29.4 Å². The molecule has 1 aromatic carbocycles. The maximum atomic E-state index is 12.1. The molecule has 0 spiro atoms. The summed E-state index contributed by atoms with van der Waals surface area (Å²) in [6, 6.07) is 9.56. The van der Waals surface area contributed by atoms with Gasteiger partial charge in [0, 0.05) is 13.0 Å². The Morgan fingerprint density at radius 3 is 2.58 bits per heavy atom. The summed E-state index contributed by atoms with van der Waals surface area (Å²) in [5.74, 6) is 0.781. The molecule has 104 valence electrons. The highest BCUT2D eigenvalue weighted by Gasteiger charge is 2.33. The fourth-order valence-electron chi connectivity index (χ4n) is 2.04. The van der Waals surface area contributed by atoms with Crippen LogP contribution in [0, 0.1) is 0 Å². The van der Waals surface area contributed by atoms with Crippen molar-refractivity contribution in [3.05, 3.63) is 30.3 Å². The lowest BCUT2D eigenvalue weighted by Crippen LogP contribution is -2.42. The Morgan fingerprint density at radius 1 is 1.26 bits per heavy atom. The third-order valence-electron chi connectivity index (χ3n) is 2.84. The van der Waals surface area contributed by atoms with E-state index < -0.39 is 5.60 Å². The Hall–Kier alpha value is -1.71. The molecule has 1 fully saturated rings. The quantitative estimate of drug-likeness (QED) is 0.820. The van der Waals surface area contributed by atoms with E-state index >= 15 is 0 Å². The van der Waals surface area contributed by atoms with E-state index in [0.29, 0.717) is 6.54 Å². The van der Waals surface area contributed by atoms with Gasteiger partial charge in [-0.25, -0.2) is 4.79 Å². The summed E-state index contributed by atoms with van der Waals surface area (Å²) in [6.45, 7) is 6.29. The number of amides is 1. The minimum absolute atomic E-state index is 0.225. The zero-order valence-corrected chi connectivity index (χ0v) is 11.8. The maximum absolute atomic E-state index is 12.1. The summed E-state index contributed by atoms with van der Waals surface area (Å²) in [5.41, 5.74) is -0.475. The second-order valence-corrected chi connectivity index (χ2v) is 5.70. The van der Waals surface area contributed by atoms with Crippen LogP contribution in [0.1, 0.15) is 33.6 Å². The molecular formula is C15H21NO3. The summed E-state index contributed by atoms with van der Waals surface area (Å²) in [7, 11) is 0. The summed E-state index contributed by atoms with van der Waals surface area (Å²) in [6.07, 6.45) is 1.26. The molecule has 0 aliphatic carbocycles. The molecule has 0 aromatic heterocycles. The number of carbonyl (C=O) groups excluding carboxylic acids is 1. The van der Waals surface area contributed by atoms with Crippen LogP contribution in [0.25, 0.3) is 0 Å². The lowest BCUT2D eigenvalue weighted by atomic mass is 10.2. The zero-order chi connectivity index (χ0) is 13.9. The van der Waals surface area contributed by atoms with Crippen LogP contribution in [0.4, 0.5) is 4.79 Å². The number of rotatable bonds is 2. The molecule has 0 bridgehead atoms. The largest absolute Gasteiger partial charge is 0.470 e. The fraction of sp³-hybridized carbons (Fsp3) is 0.533. The lowest BCUT2D eigenvalue weighted by molar-refractivity contribution is -0.00508. The first-order chi connectivity index (χ1) is 8.96. The fourth-order valence-corrected chi connectivity index (χ4v) is 2.04. The number of nitrogens with zero attached hydrogens (tertiary/aromatic N) is 1. The number of ether oxygens (including phenoxy) is 2. The second kappa shape index (κ2) is 5.51. The first kappa shape index (κ1) is 13.7. The summed E-state index contributed by atoms with van der Waals surface area (Å²) < 4.78 is 11.2. The van der Waals surface area contributed by atoms with E-state index in [1.54, 1.807) is 4.90 Å². The molecule has 1 atom stereocenters. The Morgan fingerprint density at radius 2 is 1.95 bits per heavy atom. The van der Waals surface area contributed by atoms with Gasteiger partial charge in [0.2, 0.25) is 0 Å². The van der Waals surface area contributed by atoms with Crippen LogP contribution in [-0.2, 0) is 4.74 Å². The van der Waals surface area contributed by atoms with Crippen LogP contribution < -0.4 is 4.74 Å². The Labute approximate surface area is 114 Å². The number of benzene rings is 1. The van der Waals surface area contributed by atoms with Crippen LogP contribution in [0.5, 0.6) is 5.75 Å². The minimum Gasteiger partial charge on any atom is -0.470 e. The standard InChI is InChI=1S/C15H21NO3/c1-15(2,3)19-14(17)16-11-7-10-13(16)18-12-8-5-4-6-9-12/h4-6,8-9,13H,7,10-11H2,1-3H3/t13-/m1/s1.